The SMILES string of the molecule is CNc1cc2ccccc2c(OCC(=O)N(C)[C@H](CN2CCC(O)C2)c2ccccc2)n1. The third-order valence-corrected chi connectivity index (χ3v) is 6.02. The van der Waals surface area contributed by atoms with E-state index in [4.69, 9.17) is 4.74 Å². The minimum absolute atomic E-state index is 0.105. The minimum Gasteiger partial charge on any atom is -0.467 e. The van der Waals surface area contributed by atoms with E-state index in [2.05, 4.69) is 15.2 Å². The molecule has 2 aromatic carbocycles. The molecule has 2 N–H and O–H groups in total. The van der Waals surface area contributed by atoms with Crippen LogP contribution in [0.1, 0.15) is 18.0 Å². The number of hydrogen-bond donors (Lipinski definition) is 2. The van der Waals surface area contributed by atoms with Gasteiger partial charge < -0.3 is 20.1 Å². The molecule has 1 unspecified atom stereocenters. The van der Waals surface area contributed by atoms with Gasteiger partial charge in [-0.1, -0.05) is 48.5 Å². The molecule has 0 spiro atoms. The third kappa shape index (κ3) is 5.00. The number of fused-ring (bicyclic) bond motifs is 1. The summed E-state index contributed by atoms with van der Waals surface area (Å²) in [4.78, 5) is 21.6. The van der Waals surface area contributed by atoms with Crippen LogP contribution < -0.4 is 10.1 Å². The molecule has 7 nitrogen and oxygen atoms in total. The van der Waals surface area contributed by atoms with E-state index in [0.29, 0.717) is 24.8 Å². The number of nitrogens with one attached hydrogen (secondary N) is 1. The number of carbonyl (C=O) groups is 1. The lowest BCUT2D eigenvalue weighted by Gasteiger charge is -2.32. The monoisotopic (exact) mass is 434 g/mol. The second-order valence-corrected chi connectivity index (χ2v) is 8.21. The molecule has 1 fully saturated rings. The van der Waals surface area contributed by atoms with Crippen LogP contribution in [0.25, 0.3) is 10.8 Å². The van der Waals surface area contributed by atoms with Crippen LogP contribution in [0.5, 0.6) is 5.88 Å². The predicted molar refractivity (Wildman–Crippen MR) is 126 cm³/mol. The number of aliphatic hydroxyl groups is 1. The number of carbonyl (C=O) groups excluding carboxylic acids is 1. The molecule has 0 bridgehead atoms. The van der Waals surface area contributed by atoms with E-state index in [9.17, 15) is 9.90 Å². The molecule has 0 saturated carbocycles. The fourth-order valence-corrected chi connectivity index (χ4v) is 4.16. The summed E-state index contributed by atoms with van der Waals surface area (Å²) in [6.07, 6.45) is 0.470. The van der Waals surface area contributed by atoms with Crippen molar-refractivity contribution in [3.63, 3.8) is 0 Å². The number of nitrogens with zero attached hydrogens (tertiary/aromatic N) is 3. The van der Waals surface area contributed by atoms with Crippen LogP contribution >= 0.6 is 0 Å². The zero-order chi connectivity index (χ0) is 22.5. The highest BCUT2D eigenvalue weighted by Crippen LogP contribution is 2.27. The molecule has 1 aliphatic rings. The van der Waals surface area contributed by atoms with Crippen molar-refractivity contribution < 1.29 is 14.6 Å². The van der Waals surface area contributed by atoms with Gasteiger partial charge in [-0.05, 0) is 29.5 Å². The largest absolute Gasteiger partial charge is 0.467 e. The summed E-state index contributed by atoms with van der Waals surface area (Å²) in [6.45, 7) is 2.02. The highest BCUT2D eigenvalue weighted by atomic mass is 16.5. The van der Waals surface area contributed by atoms with Crippen molar-refractivity contribution in [2.75, 3.05) is 45.7 Å². The first-order chi connectivity index (χ1) is 15.5. The number of ether oxygens (including phenoxy) is 1. The highest BCUT2D eigenvalue weighted by Gasteiger charge is 2.28. The molecule has 1 aliphatic heterocycles. The van der Waals surface area contributed by atoms with E-state index in [1.165, 1.54) is 0 Å². The van der Waals surface area contributed by atoms with Gasteiger partial charge in [0.05, 0.1) is 12.1 Å². The van der Waals surface area contributed by atoms with E-state index in [1.807, 2.05) is 67.7 Å². The number of likely N-dealkylation sites (tertiary alicyclic amines) is 1. The Kier molecular flexibility index (Phi) is 6.87. The average Bonchev–Trinajstić information content (AvgIpc) is 3.25. The molecule has 168 valence electrons. The Morgan fingerprint density at radius 3 is 2.72 bits per heavy atom. The molecule has 2 atom stereocenters. The fourth-order valence-electron chi connectivity index (χ4n) is 4.16. The number of aromatic nitrogens is 1. The van der Waals surface area contributed by atoms with Gasteiger partial charge >= 0.3 is 0 Å². The summed E-state index contributed by atoms with van der Waals surface area (Å²) in [5.41, 5.74) is 1.06. The second-order valence-electron chi connectivity index (χ2n) is 8.21. The molecule has 0 radical (unpaired) electrons. The van der Waals surface area contributed by atoms with Crippen LogP contribution in [-0.2, 0) is 4.79 Å². The van der Waals surface area contributed by atoms with Gasteiger partial charge in [-0.25, -0.2) is 0 Å². The van der Waals surface area contributed by atoms with Crippen LogP contribution in [0.2, 0.25) is 0 Å². The molecule has 1 aromatic heterocycles. The maximum Gasteiger partial charge on any atom is 0.260 e. The topological polar surface area (TPSA) is 77.9 Å². The van der Waals surface area contributed by atoms with Crippen LogP contribution in [0.4, 0.5) is 5.82 Å². The Bertz CT molecular complexity index is 1060. The molecular weight excluding hydrogens is 404 g/mol. The van der Waals surface area contributed by atoms with Gasteiger partial charge in [0, 0.05) is 39.1 Å². The Hall–Kier alpha value is -3.16. The van der Waals surface area contributed by atoms with Crippen molar-refractivity contribution in [3.05, 3.63) is 66.2 Å². The highest BCUT2D eigenvalue weighted by molar-refractivity contribution is 5.89. The number of benzene rings is 2. The van der Waals surface area contributed by atoms with Crippen molar-refractivity contribution in [3.8, 4) is 5.88 Å². The smallest absolute Gasteiger partial charge is 0.260 e. The van der Waals surface area contributed by atoms with Crippen molar-refractivity contribution in [1.29, 1.82) is 0 Å². The zero-order valence-corrected chi connectivity index (χ0v) is 18.6. The number of aliphatic hydroxyl groups excluding tert-OH is 1. The summed E-state index contributed by atoms with van der Waals surface area (Å²) >= 11 is 0. The summed E-state index contributed by atoms with van der Waals surface area (Å²) < 4.78 is 5.92. The first kappa shape index (κ1) is 22.0. The van der Waals surface area contributed by atoms with Crippen molar-refractivity contribution in [1.82, 2.24) is 14.8 Å². The number of hydrogen-bond acceptors (Lipinski definition) is 6. The molecule has 2 heterocycles. The van der Waals surface area contributed by atoms with Crippen LogP contribution in [0.3, 0.4) is 0 Å². The summed E-state index contributed by atoms with van der Waals surface area (Å²) in [6, 6.07) is 19.6. The number of anilines is 1. The van der Waals surface area contributed by atoms with E-state index < -0.39 is 0 Å². The number of likely N-dealkylation sites (N-methyl/N-ethyl adjacent to an activating group) is 1. The first-order valence-corrected chi connectivity index (χ1v) is 11.0. The lowest BCUT2D eigenvalue weighted by molar-refractivity contribution is -0.134. The Morgan fingerprint density at radius 1 is 1.25 bits per heavy atom. The summed E-state index contributed by atoms with van der Waals surface area (Å²) in [5, 5.41) is 14.8. The molecule has 1 saturated heterocycles. The van der Waals surface area contributed by atoms with Gasteiger partial charge in [0.1, 0.15) is 5.82 Å². The standard InChI is InChI=1S/C25H30N4O3/c1-26-23-14-19-10-6-7-11-21(19)25(27-23)32-17-24(31)28(2)22(18-8-4-3-5-9-18)16-29-13-12-20(30)15-29/h3-11,14,20,22,30H,12-13,15-17H2,1-2H3,(H,26,27)/t20?,22-/m1/s1. The normalized spacial score (nSPS) is 17.3. The Morgan fingerprint density at radius 2 is 2.00 bits per heavy atom. The quantitative estimate of drug-likeness (QED) is 0.568. The first-order valence-electron chi connectivity index (χ1n) is 11.0. The summed E-state index contributed by atoms with van der Waals surface area (Å²) in [5.74, 6) is 1.00. The van der Waals surface area contributed by atoms with Gasteiger partial charge in [-0.3, -0.25) is 9.69 Å². The molecular formula is C25H30N4O3. The van der Waals surface area contributed by atoms with E-state index in [-0.39, 0.29) is 24.7 Å². The number of β-amino-alcohol motifs (C(OH)–C–C–N with tert-alkyl or cyclic N) is 1. The van der Waals surface area contributed by atoms with Gasteiger partial charge in [0.2, 0.25) is 5.88 Å². The zero-order valence-electron chi connectivity index (χ0n) is 18.6. The van der Waals surface area contributed by atoms with Crippen LogP contribution in [-0.4, -0.2) is 72.2 Å². The molecule has 3 aromatic rings. The number of pyridine rings is 1. The van der Waals surface area contributed by atoms with Crippen molar-refractivity contribution >= 4 is 22.5 Å². The van der Waals surface area contributed by atoms with Crippen LogP contribution in [0, 0.1) is 0 Å². The van der Waals surface area contributed by atoms with E-state index in [1.54, 1.807) is 11.9 Å². The predicted octanol–water partition coefficient (Wildman–Crippen LogP) is 2.92. The molecule has 1 amide bonds. The number of rotatable bonds is 8. The average molecular weight is 435 g/mol. The fraction of sp³-hybridized carbons (Fsp3) is 0.360. The Labute approximate surface area is 188 Å². The minimum atomic E-state index is -0.297. The molecule has 32 heavy (non-hydrogen) atoms. The summed E-state index contributed by atoms with van der Waals surface area (Å²) in [7, 11) is 3.62. The van der Waals surface area contributed by atoms with Crippen molar-refractivity contribution in [2.24, 2.45) is 0 Å². The maximum absolute atomic E-state index is 13.1. The van der Waals surface area contributed by atoms with Gasteiger partial charge in [-0.15, -0.1) is 0 Å². The van der Waals surface area contributed by atoms with Gasteiger partial charge in [0.25, 0.3) is 5.91 Å². The van der Waals surface area contributed by atoms with Gasteiger partial charge in [-0.2, -0.15) is 4.98 Å². The van der Waals surface area contributed by atoms with Crippen LogP contribution in [0.15, 0.2) is 60.7 Å². The molecule has 7 heteroatoms. The number of amides is 1. The molecule has 0 aliphatic carbocycles. The molecule has 4 rings (SSSR count). The van der Waals surface area contributed by atoms with E-state index in [0.717, 1.165) is 29.3 Å². The third-order valence-electron chi connectivity index (χ3n) is 6.02. The maximum atomic E-state index is 13.1. The lowest BCUT2D eigenvalue weighted by atomic mass is 10.0. The van der Waals surface area contributed by atoms with Gasteiger partial charge in [0.15, 0.2) is 6.61 Å². The lowest BCUT2D eigenvalue weighted by Crippen LogP contribution is -2.41. The van der Waals surface area contributed by atoms with E-state index >= 15 is 0 Å². The van der Waals surface area contributed by atoms with Crippen molar-refractivity contribution in [2.45, 2.75) is 18.6 Å². The second kappa shape index (κ2) is 9.97. The Balaban J connectivity index is 1.50.